The molecule has 122 valence electrons. The molecular weight excluding hydrogens is 312 g/mol. The van der Waals surface area contributed by atoms with Crippen LogP contribution >= 0.6 is 11.6 Å². The van der Waals surface area contributed by atoms with Crippen molar-refractivity contribution in [1.82, 2.24) is 20.6 Å². The van der Waals surface area contributed by atoms with Gasteiger partial charge in [-0.05, 0) is 62.7 Å². The van der Waals surface area contributed by atoms with Crippen molar-refractivity contribution in [2.75, 3.05) is 19.6 Å². The summed E-state index contributed by atoms with van der Waals surface area (Å²) >= 11 is 5.90. The van der Waals surface area contributed by atoms with Gasteiger partial charge < -0.3 is 15.6 Å². The Kier molecular flexibility index (Phi) is 5.43. The van der Waals surface area contributed by atoms with Gasteiger partial charge in [-0.15, -0.1) is 0 Å². The van der Waals surface area contributed by atoms with Gasteiger partial charge in [-0.2, -0.15) is 0 Å². The second kappa shape index (κ2) is 7.73. The fraction of sp³-hybridized carbons (Fsp3) is 0.412. The average molecular weight is 333 g/mol. The molecule has 1 saturated heterocycles. The molecule has 2 heterocycles. The van der Waals surface area contributed by atoms with Crippen LogP contribution < -0.4 is 16.2 Å². The third-order valence-corrected chi connectivity index (χ3v) is 4.36. The van der Waals surface area contributed by atoms with E-state index in [2.05, 4.69) is 20.6 Å². The number of nitrogens with one attached hydrogen (secondary N) is 3. The Morgan fingerprint density at radius 3 is 2.70 bits per heavy atom. The van der Waals surface area contributed by atoms with Crippen molar-refractivity contribution in [2.45, 2.75) is 19.4 Å². The number of benzene rings is 1. The summed E-state index contributed by atoms with van der Waals surface area (Å²) in [6.45, 7) is 3.76. The van der Waals surface area contributed by atoms with E-state index in [1.54, 1.807) is 18.2 Å². The van der Waals surface area contributed by atoms with Gasteiger partial charge in [0.15, 0.2) is 0 Å². The Hall–Kier alpha value is -1.69. The largest absolute Gasteiger partial charge is 0.317 e. The number of nitrogens with zero attached hydrogens (tertiary/aromatic N) is 1. The predicted octanol–water partition coefficient (Wildman–Crippen LogP) is 2.18. The van der Waals surface area contributed by atoms with Crippen LogP contribution in [0.2, 0.25) is 5.02 Å². The van der Waals surface area contributed by atoms with Gasteiger partial charge in [-0.25, -0.2) is 4.98 Å². The summed E-state index contributed by atoms with van der Waals surface area (Å²) in [5.41, 5.74) is 1.47. The van der Waals surface area contributed by atoms with Gasteiger partial charge in [0.1, 0.15) is 5.82 Å². The maximum absolute atomic E-state index is 11.9. The highest BCUT2D eigenvalue weighted by Crippen LogP contribution is 2.17. The van der Waals surface area contributed by atoms with Crippen LogP contribution in [0.3, 0.4) is 0 Å². The number of aromatic nitrogens is 2. The molecule has 0 aliphatic carbocycles. The zero-order valence-electron chi connectivity index (χ0n) is 12.9. The second-order valence-corrected chi connectivity index (χ2v) is 6.35. The van der Waals surface area contributed by atoms with Gasteiger partial charge in [0.05, 0.1) is 5.69 Å². The first kappa shape index (κ1) is 16.2. The van der Waals surface area contributed by atoms with Crippen molar-refractivity contribution < 1.29 is 0 Å². The van der Waals surface area contributed by atoms with Gasteiger partial charge in [0, 0.05) is 23.2 Å². The molecule has 0 unspecified atom stereocenters. The van der Waals surface area contributed by atoms with Crippen LogP contribution in [0.15, 0.2) is 35.1 Å². The zero-order chi connectivity index (χ0) is 16.1. The van der Waals surface area contributed by atoms with Crippen LogP contribution in [0.1, 0.15) is 18.5 Å². The number of piperidine rings is 1. The van der Waals surface area contributed by atoms with E-state index in [4.69, 9.17) is 11.6 Å². The SMILES string of the molecule is O=c1cc(CNCC2CCNCC2)nc(-c2ccc(Cl)cc2)[nH]1. The molecule has 0 spiro atoms. The van der Waals surface area contributed by atoms with E-state index < -0.39 is 0 Å². The van der Waals surface area contributed by atoms with Crippen LogP contribution in [-0.4, -0.2) is 29.6 Å². The van der Waals surface area contributed by atoms with Crippen LogP contribution in [-0.2, 0) is 6.54 Å². The number of aromatic amines is 1. The lowest BCUT2D eigenvalue weighted by Gasteiger charge is -2.22. The average Bonchev–Trinajstić information content (AvgIpc) is 2.56. The van der Waals surface area contributed by atoms with Crippen molar-refractivity contribution in [3.8, 4) is 11.4 Å². The molecule has 1 aromatic carbocycles. The van der Waals surface area contributed by atoms with E-state index >= 15 is 0 Å². The fourth-order valence-electron chi connectivity index (χ4n) is 2.83. The molecule has 0 amide bonds. The first-order valence-corrected chi connectivity index (χ1v) is 8.36. The minimum atomic E-state index is -0.136. The first-order valence-electron chi connectivity index (χ1n) is 7.98. The van der Waals surface area contributed by atoms with E-state index in [9.17, 15) is 4.79 Å². The van der Waals surface area contributed by atoms with Crippen LogP contribution in [0.25, 0.3) is 11.4 Å². The molecule has 0 radical (unpaired) electrons. The Morgan fingerprint density at radius 1 is 1.22 bits per heavy atom. The quantitative estimate of drug-likeness (QED) is 0.785. The van der Waals surface area contributed by atoms with Gasteiger partial charge in [-0.3, -0.25) is 4.79 Å². The van der Waals surface area contributed by atoms with E-state index in [-0.39, 0.29) is 5.56 Å². The third-order valence-electron chi connectivity index (χ3n) is 4.11. The van der Waals surface area contributed by atoms with Crippen molar-refractivity contribution in [3.63, 3.8) is 0 Å². The molecular formula is C17H21ClN4O. The molecule has 0 saturated carbocycles. The molecule has 0 bridgehead atoms. The molecule has 3 N–H and O–H groups in total. The van der Waals surface area contributed by atoms with Crippen LogP contribution in [0.5, 0.6) is 0 Å². The molecule has 1 aliphatic heterocycles. The Labute approximate surface area is 140 Å². The summed E-state index contributed by atoms with van der Waals surface area (Å²) in [7, 11) is 0. The van der Waals surface area contributed by atoms with Crippen molar-refractivity contribution in [2.24, 2.45) is 5.92 Å². The van der Waals surface area contributed by atoms with E-state index in [1.165, 1.54) is 12.8 Å². The topological polar surface area (TPSA) is 69.8 Å². The first-order chi connectivity index (χ1) is 11.2. The number of hydrogen-bond acceptors (Lipinski definition) is 4. The normalized spacial score (nSPS) is 15.7. The summed E-state index contributed by atoms with van der Waals surface area (Å²) in [6, 6.07) is 8.84. The number of halogens is 1. The molecule has 1 aliphatic rings. The molecule has 1 fully saturated rings. The minimum absolute atomic E-state index is 0.136. The number of rotatable bonds is 5. The highest BCUT2D eigenvalue weighted by molar-refractivity contribution is 6.30. The molecule has 5 nitrogen and oxygen atoms in total. The summed E-state index contributed by atoms with van der Waals surface area (Å²) in [4.78, 5) is 19.2. The number of H-pyrrole nitrogens is 1. The zero-order valence-corrected chi connectivity index (χ0v) is 13.7. The maximum Gasteiger partial charge on any atom is 0.251 e. The molecule has 2 aromatic rings. The molecule has 6 heteroatoms. The molecule has 1 aromatic heterocycles. The third kappa shape index (κ3) is 4.64. The van der Waals surface area contributed by atoms with Gasteiger partial charge in [-0.1, -0.05) is 11.6 Å². The van der Waals surface area contributed by atoms with Gasteiger partial charge >= 0.3 is 0 Å². The highest BCUT2D eigenvalue weighted by Gasteiger charge is 2.12. The summed E-state index contributed by atoms with van der Waals surface area (Å²) in [5.74, 6) is 1.28. The molecule has 23 heavy (non-hydrogen) atoms. The standard InChI is InChI=1S/C17H21ClN4O/c18-14-3-1-13(2-4-14)17-21-15(9-16(23)22-17)11-20-10-12-5-7-19-8-6-12/h1-4,9,12,19-20H,5-8,10-11H2,(H,21,22,23). The highest BCUT2D eigenvalue weighted by atomic mass is 35.5. The number of hydrogen-bond donors (Lipinski definition) is 3. The monoisotopic (exact) mass is 332 g/mol. The Morgan fingerprint density at radius 2 is 1.96 bits per heavy atom. The maximum atomic E-state index is 11.9. The lowest BCUT2D eigenvalue weighted by molar-refractivity contribution is 0.356. The lowest BCUT2D eigenvalue weighted by Crippen LogP contribution is -2.33. The lowest BCUT2D eigenvalue weighted by atomic mass is 9.98. The fourth-order valence-corrected chi connectivity index (χ4v) is 2.96. The Balaban J connectivity index is 1.65. The van der Waals surface area contributed by atoms with Crippen molar-refractivity contribution in [3.05, 3.63) is 51.4 Å². The van der Waals surface area contributed by atoms with E-state index in [0.29, 0.717) is 23.3 Å². The van der Waals surface area contributed by atoms with Crippen molar-refractivity contribution >= 4 is 11.6 Å². The minimum Gasteiger partial charge on any atom is -0.317 e. The summed E-state index contributed by atoms with van der Waals surface area (Å²) < 4.78 is 0. The Bertz CT molecular complexity index is 692. The predicted molar refractivity (Wildman–Crippen MR) is 92.6 cm³/mol. The molecule has 3 rings (SSSR count). The summed E-state index contributed by atoms with van der Waals surface area (Å²) in [5, 5.41) is 7.45. The van der Waals surface area contributed by atoms with Crippen LogP contribution in [0, 0.1) is 5.92 Å². The van der Waals surface area contributed by atoms with E-state index in [1.807, 2.05) is 12.1 Å². The molecule has 0 atom stereocenters. The van der Waals surface area contributed by atoms with Crippen LogP contribution in [0.4, 0.5) is 0 Å². The van der Waals surface area contributed by atoms with E-state index in [0.717, 1.165) is 30.9 Å². The van der Waals surface area contributed by atoms with Gasteiger partial charge in [0.2, 0.25) is 0 Å². The smallest absolute Gasteiger partial charge is 0.251 e. The van der Waals surface area contributed by atoms with Gasteiger partial charge in [0.25, 0.3) is 5.56 Å². The summed E-state index contributed by atoms with van der Waals surface area (Å²) in [6.07, 6.45) is 2.40. The second-order valence-electron chi connectivity index (χ2n) is 5.92. The van der Waals surface area contributed by atoms with Crippen molar-refractivity contribution in [1.29, 1.82) is 0 Å².